The van der Waals surface area contributed by atoms with E-state index in [1.165, 1.54) is 6.07 Å². The van der Waals surface area contributed by atoms with E-state index in [1.807, 2.05) is 30.6 Å². The number of halogens is 3. The molecule has 5 nitrogen and oxygen atoms in total. The zero-order valence-corrected chi connectivity index (χ0v) is 15.6. The third kappa shape index (κ3) is 7.16. The van der Waals surface area contributed by atoms with Gasteiger partial charge in [-0.1, -0.05) is 12.1 Å². The first-order chi connectivity index (χ1) is 11.2. The molecule has 132 valence electrons. The molecule has 8 heteroatoms. The van der Waals surface area contributed by atoms with Gasteiger partial charge in [-0.15, -0.1) is 24.0 Å². The van der Waals surface area contributed by atoms with E-state index in [4.69, 9.17) is 0 Å². The summed E-state index contributed by atoms with van der Waals surface area (Å²) in [5.41, 5.74) is 0.830. The Labute approximate surface area is 157 Å². The molecule has 0 unspecified atom stereocenters. The van der Waals surface area contributed by atoms with Gasteiger partial charge in [0.25, 0.3) is 0 Å². The van der Waals surface area contributed by atoms with Crippen molar-refractivity contribution in [1.29, 1.82) is 0 Å². The quantitative estimate of drug-likeness (QED) is 0.388. The number of rotatable bonds is 7. The summed E-state index contributed by atoms with van der Waals surface area (Å²) in [6.07, 6.45) is 3.98. The number of guanidine groups is 1. The first kappa shape index (κ1) is 20.2. The lowest BCUT2D eigenvalue weighted by molar-refractivity contribution is -0.0498. The van der Waals surface area contributed by atoms with Gasteiger partial charge in [0.1, 0.15) is 5.75 Å². The normalized spacial score (nSPS) is 11.1. The molecule has 0 spiro atoms. The second kappa shape index (κ2) is 10.8. The summed E-state index contributed by atoms with van der Waals surface area (Å²) in [7, 11) is 1.68. The molecule has 0 aliphatic heterocycles. The van der Waals surface area contributed by atoms with Crippen molar-refractivity contribution in [3.05, 3.63) is 54.4 Å². The van der Waals surface area contributed by atoms with Crippen LogP contribution in [0.3, 0.4) is 0 Å². The summed E-state index contributed by atoms with van der Waals surface area (Å²) >= 11 is 0. The molecule has 1 aromatic carbocycles. The molecule has 2 aromatic rings. The molecule has 0 bridgehead atoms. The standard InChI is InChI=1S/C16H20F2N4O.HI/c1-19-16(20-7-10-22-8-2-3-9-22)21-12-13-5-4-6-14(11-13)23-15(17)18;/h2-6,8-9,11,15H,7,10,12H2,1H3,(H2,19,20,21);1H. The lowest BCUT2D eigenvalue weighted by atomic mass is 10.2. The fourth-order valence-corrected chi connectivity index (χ4v) is 2.06. The van der Waals surface area contributed by atoms with Crippen LogP contribution in [0.25, 0.3) is 0 Å². The maximum atomic E-state index is 12.2. The minimum Gasteiger partial charge on any atom is -0.435 e. The number of aromatic nitrogens is 1. The molecule has 0 radical (unpaired) electrons. The van der Waals surface area contributed by atoms with Gasteiger partial charge in [-0.05, 0) is 29.8 Å². The smallest absolute Gasteiger partial charge is 0.387 e. The monoisotopic (exact) mass is 450 g/mol. The number of nitrogens with zero attached hydrogens (tertiary/aromatic N) is 2. The molecule has 2 N–H and O–H groups in total. The van der Waals surface area contributed by atoms with Crippen molar-refractivity contribution in [3.63, 3.8) is 0 Å². The first-order valence-electron chi connectivity index (χ1n) is 7.26. The van der Waals surface area contributed by atoms with Gasteiger partial charge in [-0.3, -0.25) is 4.99 Å². The zero-order chi connectivity index (χ0) is 16.5. The number of alkyl halides is 2. The first-order valence-corrected chi connectivity index (χ1v) is 7.26. The largest absolute Gasteiger partial charge is 0.435 e. The summed E-state index contributed by atoms with van der Waals surface area (Å²) < 4.78 is 30.9. The van der Waals surface area contributed by atoms with Crippen LogP contribution in [0.4, 0.5) is 8.78 Å². The van der Waals surface area contributed by atoms with Crippen LogP contribution in [0, 0.1) is 0 Å². The second-order valence-electron chi connectivity index (χ2n) is 4.80. The van der Waals surface area contributed by atoms with E-state index in [-0.39, 0.29) is 29.7 Å². The SMILES string of the molecule is CN=C(NCCn1cccc1)NCc1cccc(OC(F)F)c1.I. The van der Waals surface area contributed by atoms with Crippen LogP contribution < -0.4 is 15.4 Å². The topological polar surface area (TPSA) is 50.6 Å². The highest BCUT2D eigenvalue weighted by Crippen LogP contribution is 2.15. The molecule has 1 aromatic heterocycles. The van der Waals surface area contributed by atoms with Crippen molar-refractivity contribution in [1.82, 2.24) is 15.2 Å². The number of ether oxygens (including phenoxy) is 1. The molecule has 0 aliphatic carbocycles. The predicted molar refractivity (Wildman–Crippen MR) is 101 cm³/mol. The van der Waals surface area contributed by atoms with E-state index in [1.54, 1.807) is 19.2 Å². The van der Waals surface area contributed by atoms with Crippen molar-refractivity contribution in [3.8, 4) is 5.75 Å². The zero-order valence-electron chi connectivity index (χ0n) is 13.3. The van der Waals surface area contributed by atoms with Crippen LogP contribution >= 0.6 is 24.0 Å². The molecule has 0 amide bonds. The van der Waals surface area contributed by atoms with Gasteiger partial charge in [0, 0.05) is 39.1 Å². The fourth-order valence-electron chi connectivity index (χ4n) is 2.06. The van der Waals surface area contributed by atoms with Gasteiger partial charge in [0.15, 0.2) is 5.96 Å². The Balaban J connectivity index is 0.00000288. The molecule has 1 heterocycles. The highest BCUT2D eigenvalue weighted by atomic mass is 127. The third-order valence-corrected chi connectivity index (χ3v) is 3.14. The van der Waals surface area contributed by atoms with Crippen LogP contribution in [-0.2, 0) is 13.1 Å². The van der Waals surface area contributed by atoms with E-state index in [0.717, 1.165) is 18.7 Å². The average molecular weight is 450 g/mol. The van der Waals surface area contributed by atoms with E-state index in [9.17, 15) is 8.78 Å². The summed E-state index contributed by atoms with van der Waals surface area (Å²) in [6.45, 7) is -0.806. The Morgan fingerprint density at radius 3 is 2.62 bits per heavy atom. The van der Waals surface area contributed by atoms with Crippen molar-refractivity contribution >= 4 is 29.9 Å². The van der Waals surface area contributed by atoms with Gasteiger partial charge in [-0.25, -0.2) is 0 Å². The van der Waals surface area contributed by atoms with E-state index in [0.29, 0.717) is 12.5 Å². The highest BCUT2D eigenvalue weighted by molar-refractivity contribution is 14.0. The molecule has 0 fully saturated rings. The van der Waals surface area contributed by atoms with Crippen LogP contribution in [0.5, 0.6) is 5.75 Å². The van der Waals surface area contributed by atoms with Gasteiger partial charge in [0.05, 0.1) is 0 Å². The molecule has 2 rings (SSSR count). The van der Waals surface area contributed by atoms with Crippen molar-refractivity contribution in [2.24, 2.45) is 4.99 Å². The van der Waals surface area contributed by atoms with Crippen molar-refractivity contribution in [2.45, 2.75) is 19.7 Å². The molecule has 0 atom stereocenters. The maximum absolute atomic E-state index is 12.2. The summed E-state index contributed by atoms with van der Waals surface area (Å²) in [5, 5.41) is 6.32. The van der Waals surface area contributed by atoms with Crippen LogP contribution in [-0.4, -0.2) is 30.7 Å². The fraction of sp³-hybridized carbons (Fsp3) is 0.312. The molecule has 0 saturated carbocycles. The minimum atomic E-state index is -2.82. The van der Waals surface area contributed by atoms with Gasteiger partial charge < -0.3 is 19.9 Å². The Morgan fingerprint density at radius 2 is 1.96 bits per heavy atom. The predicted octanol–water partition coefficient (Wildman–Crippen LogP) is 3.07. The molecule has 24 heavy (non-hydrogen) atoms. The maximum Gasteiger partial charge on any atom is 0.387 e. The summed E-state index contributed by atoms with van der Waals surface area (Å²) in [5.74, 6) is 0.798. The summed E-state index contributed by atoms with van der Waals surface area (Å²) in [4.78, 5) is 4.13. The third-order valence-electron chi connectivity index (χ3n) is 3.14. The second-order valence-corrected chi connectivity index (χ2v) is 4.80. The lowest BCUT2D eigenvalue weighted by Crippen LogP contribution is -2.38. The van der Waals surface area contributed by atoms with Crippen molar-refractivity contribution in [2.75, 3.05) is 13.6 Å². The average Bonchev–Trinajstić information content (AvgIpc) is 3.03. The van der Waals surface area contributed by atoms with Gasteiger partial charge in [0.2, 0.25) is 0 Å². The van der Waals surface area contributed by atoms with E-state index < -0.39 is 6.61 Å². The summed E-state index contributed by atoms with van der Waals surface area (Å²) in [6, 6.07) is 10.5. The minimum absolute atomic E-state index is 0. The van der Waals surface area contributed by atoms with Crippen molar-refractivity contribution < 1.29 is 13.5 Å². The molecule has 0 aliphatic rings. The van der Waals surface area contributed by atoms with E-state index in [2.05, 4.69) is 24.9 Å². The Hall–Kier alpha value is -1.84. The van der Waals surface area contributed by atoms with Crippen LogP contribution in [0.2, 0.25) is 0 Å². The van der Waals surface area contributed by atoms with Gasteiger partial charge >= 0.3 is 6.61 Å². The highest BCUT2D eigenvalue weighted by Gasteiger charge is 2.05. The molecular formula is C16H21F2IN4O. The molecular weight excluding hydrogens is 429 g/mol. The lowest BCUT2D eigenvalue weighted by Gasteiger charge is -2.13. The van der Waals surface area contributed by atoms with E-state index >= 15 is 0 Å². The number of benzene rings is 1. The number of aliphatic imine (C=N–C) groups is 1. The number of hydrogen-bond acceptors (Lipinski definition) is 2. The Morgan fingerprint density at radius 1 is 1.21 bits per heavy atom. The Bertz CT molecular complexity index is 620. The van der Waals surface area contributed by atoms with Gasteiger partial charge in [-0.2, -0.15) is 8.78 Å². The molecule has 0 saturated heterocycles. The Kier molecular flexibility index (Phi) is 9.13. The number of nitrogens with one attached hydrogen (secondary N) is 2. The van der Waals surface area contributed by atoms with Crippen LogP contribution in [0.1, 0.15) is 5.56 Å². The number of hydrogen-bond donors (Lipinski definition) is 2. The van der Waals surface area contributed by atoms with Crippen LogP contribution in [0.15, 0.2) is 53.8 Å².